The molecule has 0 aliphatic rings. The molecule has 0 bridgehead atoms. The summed E-state index contributed by atoms with van der Waals surface area (Å²) in [6.07, 6.45) is 4.86. The van der Waals surface area contributed by atoms with E-state index < -0.39 is 9.84 Å². The van der Waals surface area contributed by atoms with Gasteiger partial charge in [0.25, 0.3) is 0 Å². The van der Waals surface area contributed by atoms with Crippen molar-refractivity contribution >= 4 is 9.84 Å². The third-order valence-electron chi connectivity index (χ3n) is 3.49. The summed E-state index contributed by atoms with van der Waals surface area (Å²) < 4.78 is 36.1. The number of aromatic amines is 1. The van der Waals surface area contributed by atoms with Gasteiger partial charge in [-0.15, -0.1) is 0 Å². The number of halogens is 1. The van der Waals surface area contributed by atoms with Crippen LogP contribution in [0.4, 0.5) is 4.39 Å². The molecule has 0 saturated carbocycles. The molecule has 0 atom stereocenters. The summed E-state index contributed by atoms with van der Waals surface area (Å²) in [4.78, 5) is 3.33. The van der Waals surface area contributed by atoms with E-state index in [2.05, 4.69) is 4.98 Å². The first-order valence-corrected chi connectivity index (χ1v) is 8.57. The van der Waals surface area contributed by atoms with E-state index in [1.165, 1.54) is 18.4 Å². The molecule has 0 aliphatic heterocycles. The first-order chi connectivity index (χ1) is 10.4. The molecular formula is C17H14FNO2S. The van der Waals surface area contributed by atoms with Crippen molar-refractivity contribution in [3.63, 3.8) is 0 Å². The number of aromatic nitrogens is 1. The molecule has 2 aromatic carbocycles. The molecule has 22 heavy (non-hydrogen) atoms. The van der Waals surface area contributed by atoms with Gasteiger partial charge in [-0.1, -0.05) is 24.3 Å². The summed E-state index contributed by atoms with van der Waals surface area (Å²) >= 11 is 0. The van der Waals surface area contributed by atoms with E-state index in [0.29, 0.717) is 0 Å². The van der Waals surface area contributed by atoms with E-state index in [4.69, 9.17) is 0 Å². The maximum absolute atomic E-state index is 13.0. The van der Waals surface area contributed by atoms with Gasteiger partial charge in [0.1, 0.15) is 5.82 Å². The Morgan fingerprint density at radius 2 is 1.27 bits per heavy atom. The number of nitrogens with one attached hydrogen (secondary N) is 1. The topological polar surface area (TPSA) is 49.9 Å². The molecule has 1 heterocycles. The minimum atomic E-state index is -3.20. The zero-order valence-corrected chi connectivity index (χ0v) is 12.7. The van der Waals surface area contributed by atoms with Crippen molar-refractivity contribution in [1.82, 2.24) is 4.98 Å². The number of hydrogen-bond donors (Lipinski definition) is 1. The molecule has 1 aromatic heterocycles. The van der Waals surface area contributed by atoms with Gasteiger partial charge in [0, 0.05) is 29.8 Å². The highest BCUT2D eigenvalue weighted by molar-refractivity contribution is 7.90. The molecule has 0 aliphatic carbocycles. The SMILES string of the molecule is CS(=O)(=O)c1ccc(-c2c[nH]cc2-c2ccc(F)cc2)cc1. The number of benzene rings is 2. The minimum Gasteiger partial charge on any atom is -0.366 e. The molecular weight excluding hydrogens is 301 g/mol. The molecule has 3 nitrogen and oxygen atoms in total. The summed E-state index contributed by atoms with van der Waals surface area (Å²) in [6.45, 7) is 0. The molecule has 0 radical (unpaired) electrons. The van der Waals surface area contributed by atoms with Crippen LogP contribution in [0, 0.1) is 5.82 Å². The monoisotopic (exact) mass is 315 g/mol. The van der Waals surface area contributed by atoms with Crippen LogP contribution in [0.3, 0.4) is 0 Å². The van der Waals surface area contributed by atoms with Crippen LogP contribution in [0.1, 0.15) is 0 Å². The Hall–Kier alpha value is -2.40. The fraction of sp³-hybridized carbons (Fsp3) is 0.0588. The van der Waals surface area contributed by atoms with Gasteiger partial charge in [-0.25, -0.2) is 12.8 Å². The first-order valence-electron chi connectivity index (χ1n) is 6.68. The van der Waals surface area contributed by atoms with Crippen LogP contribution in [0.2, 0.25) is 0 Å². The normalized spacial score (nSPS) is 11.5. The molecule has 5 heteroatoms. The number of H-pyrrole nitrogens is 1. The van der Waals surface area contributed by atoms with Crippen LogP contribution in [-0.2, 0) is 9.84 Å². The van der Waals surface area contributed by atoms with E-state index in [1.54, 1.807) is 36.4 Å². The van der Waals surface area contributed by atoms with E-state index >= 15 is 0 Å². The highest BCUT2D eigenvalue weighted by Crippen LogP contribution is 2.32. The summed E-state index contributed by atoms with van der Waals surface area (Å²) in [5.74, 6) is -0.279. The summed E-state index contributed by atoms with van der Waals surface area (Å²) in [7, 11) is -3.20. The van der Waals surface area contributed by atoms with Crippen molar-refractivity contribution in [2.75, 3.05) is 6.26 Å². The van der Waals surface area contributed by atoms with Gasteiger partial charge in [-0.05, 0) is 35.4 Å². The highest BCUT2D eigenvalue weighted by atomic mass is 32.2. The van der Waals surface area contributed by atoms with Crippen molar-refractivity contribution in [3.8, 4) is 22.3 Å². The van der Waals surface area contributed by atoms with Crippen LogP contribution in [-0.4, -0.2) is 19.7 Å². The zero-order valence-electron chi connectivity index (χ0n) is 11.9. The van der Waals surface area contributed by atoms with Gasteiger partial charge < -0.3 is 4.98 Å². The molecule has 0 amide bonds. The average molecular weight is 315 g/mol. The van der Waals surface area contributed by atoms with E-state index in [-0.39, 0.29) is 10.7 Å². The van der Waals surface area contributed by atoms with Gasteiger partial charge >= 0.3 is 0 Å². The third kappa shape index (κ3) is 2.80. The minimum absolute atomic E-state index is 0.279. The Labute approximate surface area is 128 Å². The Kier molecular flexibility index (Phi) is 3.58. The summed E-state index contributed by atoms with van der Waals surface area (Å²) in [5, 5.41) is 0. The quantitative estimate of drug-likeness (QED) is 0.797. The van der Waals surface area contributed by atoms with Crippen molar-refractivity contribution in [2.24, 2.45) is 0 Å². The first kappa shape index (κ1) is 14.5. The van der Waals surface area contributed by atoms with Crippen molar-refractivity contribution in [1.29, 1.82) is 0 Å². The third-order valence-corrected chi connectivity index (χ3v) is 4.62. The Morgan fingerprint density at radius 3 is 1.73 bits per heavy atom. The van der Waals surface area contributed by atoms with Crippen LogP contribution >= 0.6 is 0 Å². The molecule has 112 valence electrons. The Balaban J connectivity index is 2.03. The predicted octanol–water partition coefficient (Wildman–Crippen LogP) is 3.89. The second kappa shape index (κ2) is 5.42. The predicted molar refractivity (Wildman–Crippen MR) is 84.7 cm³/mol. The van der Waals surface area contributed by atoms with E-state index in [1.807, 2.05) is 12.4 Å². The molecule has 0 fully saturated rings. The molecule has 0 saturated heterocycles. The van der Waals surface area contributed by atoms with Crippen LogP contribution < -0.4 is 0 Å². The number of sulfone groups is 1. The molecule has 3 rings (SSSR count). The van der Waals surface area contributed by atoms with Crippen LogP contribution in [0.5, 0.6) is 0 Å². The van der Waals surface area contributed by atoms with Gasteiger partial charge in [0.15, 0.2) is 9.84 Å². The standard InChI is InChI=1S/C17H14FNO2S/c1-22(20,21)15-8-4-13(5-9-15)17-11-19-10-16(17)12-2-6-14(18)7-3-12/h2-11,19H,1H3. The van der Waals surface area contributed by atoms with E-state index in [0.717, 1.165) is 22.3 Å². The van der Waals surface area contributed by atoms with E-state index in [9.17, 15) is 12.8 Å². The lowest BCUT2D eigenvalue weighted by atomic mass is 9.99. The maximum Gasteiger partial charge on any atom is 0.175 e. The lowest BCUT2D eigenvalue weighted by Gasteiger charge is -2.06. The van der Waals surface area contributed by atoms with Crippen molar-refractivity contribution < 1.29 is 12.8 Å². The maximum atomic E-state index is 13.0. The summed E-state index contributed by atoms with van der Waals surface area (Å²) in [6, 6.07) is 13.0. The zero-order chi connectivity index (χ0) is 15.7. The van der Waals surface area contributed by atoms with Crippen LogP contribution in [0.15, 0.2) is 65.8 Å². The second-order valence-electron chi connectivity index (χ2n) is 5.09. The number of hydrogen-bond acceptors (Lipinski definition) is 2. The summed E-state index contributed by atoms with van der Waals surface area (Å²) in [5.41, 5.74) is 3.66. The smallest absolute Gasteiger partial charge is 0.175 e. The molecule has 3 aromatic rings. The molecule has 0 spiro atoms. The van der Waals surface area contributed by atoms with Crippen molar-refractivity contribution in [2.45, 2.75) is 4.90 Å². The second-order valence-corrected chi connectivity index (χ2v) is 7.10. The van der Waals surface area contributed by atoms with Gasteiger partial charge in [-0.3, -0.25) is 0 Å². The van der Waals surface area contributed by atoms with Crippen LogP contribution in [0.25, 0.3) is 22.3 Å². The highest BCUT2D eigenvalue weighted by Gasteiger charge is 2.11. The number of rotatable bonds is 3. The fourth-order valence-corrected chi connectivity index (χ4v) is 2.98. The Bertz CT molecular complexity index is 895. The van der Waals surface area contributed by atoms with Gasteiger partial charge in [0.05, 0.1) is 4.90 Å². The fourth-order valence-electron chi connectivity index (χ4n) is 2.35. The lowest BCUT2D eigenvalue weighted by Crippen LogP contribution is -1.96. The molecule has 0 unspecified atom stereocenters. The van der Waals surface area contributed by atoms with Gasteiger partial charge in [0.2, 0.25) is 0 Å². The lowest BCUT2D eigenvalue weighted by molar-refractivity contribution is 0.602. The molecule has 1 N–H and O–H groups in total. The Morgan fingerprint density at radius 1 is 0.818 bits per heavy atom. The largest absolute Gasteiger partial charge is 0.366 e. The van der Waals surface area contributed by atoms with Crippen molar-refractivity contribution in [3.05, 3.63) is 66.7 Å². The van der Waals surface area contributed by atoms with Gasteiger partial charge in [-0.2, -0.15) is 0 Å². The average Bonchev–Trinajstić information content (AvgIpc) is 2.97.